The molecular weight excluding hydrogens is 338 g/mol. The Bertz CT molecular complexity index is 539. The van der Waals surface area contributed by atoms with E-state index in [0.717, 1.165) is 64.0 Å². The van der Waals surface area contributed by atoms with Crippen LogP contribution in [0.3, 0.4) is 0 Å². The standard InChI is InChI=1S/C21H35N5O/c27-20(10-4-9-19-7-2-1-3-8-19)22-13-6-14-25-15-17-26(18-16-25)21-23-11-5-12-24-21/h5,11-12,19H,1-4,6-10,13-18H2,(H,22,27). The van der Waals surface area contributed by atoms with Gasteiger partial charge in [-0.1, -0.05) is 32.1 Å². The molecule has 0 bridgehead atoms. The average molecular weight is 374 g/mol. The Morgan fingerprint density at radius 1 is 1.04 bits per heavy atom. The minimum Gasteiger partial charge on any atom is -0.356 e. The Labute approximate surface area is 163 Å². The van der Waals surface area contributed by atoms with Crippen LogP contribution in [-0.2, 0) is 4.79 Å². The summed E-state index contributed by atoms with van der Waals surface area (Å²) < 4.78 is 0. The zero-order chi connectivity index (χ0) is 18.7. The Morgan fingerprint density at radius 3 is 2.52 bits per heavy atom. The first-order valence-electron chi connectivity index (χ1n) is 10.8. The van der Waals surface area contributed by atoms with E-state index in [0.29, 0.717) is 6.42 Å². The van der Waals surface area contributed by atoms with E-state index >= 15 is 0 Å². The number of nitrogens with zero attached hydrogens (tertiary/aromatic N) is 4. The Kier molecular flexibility index (Phi) is 8.33. The van der Waals surface area contributed by atoms with Crippen LogP contribution in [0.4, 0.5) is 5.95 Å². The van der Waals surface area contributed by atoms with Crippen LogP contribution in [0.1, 0.15) is 57.8 Å². The molecule has 6 heteroatoms. The number of hydrogen-bond donors (Lipinski definition) is 1. The molecule has 1 saturated heterocycles. The highest BCUT2D eigenvalue weighted by molar-refractivity contribution is 5.75. The van der Waals surface area contributed by atoms with Crippen molar-refractivity contribution >= 4 is 11.9 Å². The van der Waals surface area contributed by atoms with E-state index in [2.05, 4.69) is 25.1 Å². The van der Waals surface area contributed by atoms with Gasteiger partial charge in [0, 0.05) is 51.5 Å². The van der Waals surface area contributed by atoms with Crippen molar-refractivity contribution in [2.75, 3.05) is 44.2 Å². The summed E-state index contributed by atoms with van der Waals surface area (Å²) in [6, 6.07) is 1.85. The highest BCUT2D eigenvalue weighted by atomic mass is 16.1. The topological polar surface area (TPSA) is 61.4 Å². The molecule has 0 atom stereocenters. The molecule has 2 aliphatic rings. The van der Waals surface area contributed by atoms with E-state index in [1.165, 1.54) is 38.5 Å². The molecule has 1 aliphatic heterocycles. The van der Waals surface area contributed by atoms with Crippen LogP contribution in [0.25, 0.3) is 0 Å². The summed E-state index contributed by atoms with van der Waals surface area (Å²) >= 11 is 0. The highest BCUT2D eigenvalue weighted by Gasteiger charge is 2.18. The molecule has 150 valence electrons. The van der Waals surface area contributed by atoms with Gasteiger partial charge in [0.25, 0.3) is 0 Å². The van der Waals surface area contributed by atoms with Gasteiger partial charge in [-0.05, 0) is 37.8 Å². The van der Waals surface area contributed by atoms with Gasteiger partial charge >= 0.3 is 0 Å². The van der Waals surface area contributed by atoms with E-state index in [9.17, 15) is 4.79 Å². The molecule has 1 N–H and O–H groups in total. The summed E-state index contributed by atoms with van der Waals surface area (Å²) in [5, 5.41) is 3.10. The van der Waals surface area contributed by atoms with Gasteiger partial charge in [0.15, 0.2) is 0 Å². The number of carbonyl (C=O) groups is 1. The van der Waals surface area contributed by atoms with Gasteiger partial charge in [-0.15, -0.1) is 0 Å². The van der Waals surface area contributed by atoms with Gasteiger partial charge < -0.3 is 10.2 Å². The first-order chi connectivity index (χ1) is 13.3. The second-order valence-electron chi connectivity index (χ2n) is 7.98. The number of amides is 1. The molecule has 0 aromatic carbocycles. The van der Waals surface area contributed by atoms with Gasteiger partial charge in [-0.2, -0.15) is 0 Å². The van der Waals surface area contributed by atoms with Gasteiger partial charge in [-0.3, -0.25) is 9.69 Å². The lowest BCUT2D eigenvalue weighted by atomic mass is 9.86. The molecule has 1 aliphatic carbocycles. The van der Waals surface area contributed by atoms with E-state index in [1.807, 2.05) is 6.07 Å². The number of piperazine rings is 1. The van der Waals surface area contributed by atoms with Crippen LogP contribution in [0.2, 0.25) is 0 Å². The monoisotopic (exact) mass is 373 g/mol. The largest absolute Gasteiger partial charge is 0.356 e. The quantitative estimate of drug-likeness (QED) is 0.675. The summed E-state index contributed by atoms with van der Waals surface area (Å²) in [5.74, 6) is 1.95. The van der Waals surface area contributed by atoms with Crippen LogP contribution in [0.15, 0.2) is 18.5 Å². The molecule has 0 unspecified atom stereocenters. The first-order valence-corrected chi connectivity index (χ1v) is 10.8. The molecule has 1 aromatic rings. The predicted molar refractivity (Wildman–Crippen MR) is 109 cm³/mol. The van der Waals surface area contributed by atoms with E-state index in [1.54, 1.807) is 12.4 Å². The lowest BCUT2D eigenvalue weighted by Gasteiger charge is -2.34. The molecule has 0 radical (unpaired) electrons. The minimum atomic E-state index is 0.233. The fraction of sp³-hybridized carbons (Fsp3) is 0.762. The van der Waals surface area contributed by atoms with Gasteiger partial charge in [-0.25, -0.2) is 9.97 Å². The molecule has 1 aromatic heterocycles. The lowest BCUT2D eigenvalue weighted by molar-refractivity contribution is -0.121. The number of carbonyl (C=O) groups excluding carboxylic acids is 1. The summed E-state index contributed by atoms with van der Waals surface area (Å²) in [6.45, 7) is 5.85. The Morgan fingerprint density at radius 2 is 1.78 bits per heavy atom. The number of aromatic nitrogens is 2. The van der Waals surface area contributed by atoms with Crippen molar-refractivity contribution in [1.29, 1.82) is 0 Å². The van der Waals surface area contributed by atoms with Crippen LogP contribution in [-0.4, -0.2) is 60.0 Å². The maximum atomic E-state index is 12.0. The molecule has 2 fully saturated rings. The third-order valence-electron chi connectivity index (χ3n) is 5.92. The molecular formula is C21H35N5O. The van der Waals surface area contributed by atoms with Crippen molar-refractivity contribution in [3.63, 3.8) is 0 Å². The van der Waals surface area contributed by atoms with Crippen molar-refractivity contribution in [2.45, 2.75) is 57.8 Å². The van der Waals surface area contributed by atoms with Crippen molar-refractivity contribution in [3.8, 4) is 0 Å². The van der Waals surface area contributed by atoms with E-state index in [4.69, 9.17) is 0 Å². The second-order valence-corrected chi connectivity index (χ2v) is 7.98. The predicted octanol–water partition coefficient (Wildman–Crippen LogP) is 2.86. The molecule has 1 amide bonds. The number of nitrogens with one attached hydrogen (secondary N) is 1. The molecule has 0 spiro atoms. The normalized spacial score (nSPS) is 19.2. The molecule has 6 nitrogen and oxygen atoms in total. The van der Waals surface area contributed by atoms with E-state index < -0.39 is 0 Å². The van der Waals surface area contributed by atoms with Gasteiger partial charge in [0.05, 0.1) is 0 Å². The third-order valence-corrected chi connectivity index (χ3v) is 5.92. The van der Waals surface area contributed by atoms with Crippen LogP contribution in [0.5, 0.6) is 0 Å². The first kappa shape index (κ1) is 20.1. The summed E-state index contributed by atoms with van der Waals surface area (Å²) in [6.07, 6.45) is 14.6. The molecule has 1 saturated carbocycles. The molecule has 2 heterocycles. The Hall–Kier alpha value is -1.69. The van der Waals surface area contributed by atoms with Crippen molar-refractivity contribution in [2.24, 2.45) is 5.92 Å². The van der Waals surface area contributed by atoms with E-state index in [-0.39, 0.29) is 5.91 Å². The fourth-order valence-corrected chi connectivity index (χ4v) is 4.27. The zero-order valence-electron chi connectivity index (χ0n) is 16.6. The number of rotatable bonds is 9. The van der Waals surface area contributed by atoms with Crippen LogP contribution < -0.4 is 10.2 Å². The van der Waals surface area contributed by atoms with Gasteiger partial charge in [0.1, 0.15) is 0 Å². The highest BCUT2D eigenvalue weighted by Crippen LogP contribution is 2.27. The van der Waals surface area contributed by atoms with Crippen LogP contribution in [0, 0.1) is 5.92 Å². The zero-order valence-corrected chi connectivity index (χ0v) is 16.6. The number of anilines is 1. The summed E-state index contributed by atoms with van der Waals surface area (Å²) in [4.78, 5) is 25.3. The SMILES string of the molecule is O=C(CCCC1CCCCC1)NCCCN1CCN(c2ncccn2)CC1. The second kappa shape index (κ2) is 11.2. The molecule has 3 rings (SSSR count). The fourth-order valence-electron chi connectivity index (χ4n) is 4.27. The third kappa shape index (κ3) is 7.09. The summed E-state index contributed by atoms with van der Waals surface area (Å²) in [7, 11) is 0. The lowest BCUT2D eigenvalue weighted by Crippen LogP contribution is -2.47. The van der Waals surface area contributed by atoms with Crippen molar-refractivity contribution < 1.29 is 4.79 Å². The maximum absolute atomic E-state index is 12.0. The van der Waals surface area contributed by atoms with Crippen molar-refractivity contribution in [3.05, 3.63) is 18.5 Å². The van der Waals surface area contributed by atoms with Crippen molar-refractivity contribution in [1.82, 2.24) is 20.2 Å². The molecule has 27 heavy (non-hydrogen) atoms. The Balaban J connectivity index is 1.20. The average Bonchev–Trinajstić information content (AvgIpc) is 2.73. The van der Waals surface area contributed by atoms with Crippen LogP contribution >= 0.6 is 0 Å². The van der Waals surface area contributed by atoms with Gasteiger partial charge in [0.2, 0.25) is 11.9 Å². The smallest absolute Gasteiger partial charge is 0.225 e. The number of hydrogen-bond acceptors (Lipinski definition) is 5. The maximum Gasteiger partial charge on any atom is 0.225 e. The summed E-state index contributed by atoms with van der Waals surface area (Å²) in [5.41, 5.74) is 0. The minimum absolute atomic E-state index is 0.233.